The summed E-state index contributed by atoms with van der Waals surface area (Å²) in [7, 11) is 0. The highest BCUT2D eigenvalue weighted by atomic mass is 32.2. The fourth-order valence-corrected chi connectivity index (χ4v) is 3.87. The minimum atomic E-state index is -0.0474. The summed E-state index contributed by atoms with van der Waals surface area (Å²) in [4.78, 5) is 15.0. The van der Waals surface area contributed by atoms with E-state index in [1.54, 1.807) is 4.90 Å². The molecule has 1 aliphatic heterocycles. The Morgan fingerprint density at radius 1 is 0.958 bits per heavy atom. The van der Waals surface area contributed by atoms with Crippen molar-refractivity contribution in [2.45, 2.75) is 26.7 Å². The molecule has 0 unspecified atom stereocenters. The normalized spacial score (nSPS) is 16.2. The van der Waals surface area contributed by atoms with Crippen LogP contribution in [0.4, 0.5) is 5.69 Å². The second-order valence-electron chi connectivity index (χ2n) is 5.63. The summed E-state index contributed by atoms with van der Waals surface area (Å²) >= 11 is 6.78. The molecule has 122 valence electrons. The third kappa shape index (κ3) is 3.45. The molecule has 24 heavy (non-hydrogen) atoms. The van der Waals surface area contributed by atoms with E-state index in [4.69, 9.17) is 12.2 Å². The van der Waals surface area contributed by atoms with Gasteiger partial charge in [0.2, 0.25) is 0 Å². The smallest absolute Gasteiger partial charge is 0.268 e. The summed E-state index contributed by atoms with van der Waals surface area (Å²) in [5.41, 5.74) is 4.39. The van der Waals surface area contributed by atoms with Crippen LogP contribution < -0.4 is 4.90 Å². The van der Waals surface area contributed by atoms with Crippen LogP contribution >= 0.6 is 24.0 Å². The first kappa shape index (κ1) is 16.9. The van der Waals surface area contributed by atoms with E-state index < -0.39 is 0 Å². The van der Waals surface area contributed by atoms with Crippen LogP contribution in [0.15, 0.2) is 53.4 Å². The van der Waals surface area contributed by atoms with Crippen molar-refractivity contribution < 1.29 is 4.79 Å². The lowest BCUT2D eigenvalue weighted by atomic mass is 10.1. The molecular formula is C20H19NOS2. The zero-order valence-corrected chi connectivity index (χ0v) is 15.4. The van der Waals surface area contributed by atoms with Crippen LogP contribution in [0, 0.1) is 0 Å². The number of amides is 1. The van der Waals surface area contributed by atoms with Gasteiger partial charge in [-0.2, -0.15) is 0 Å². The maximum absolute atomic E-state index is 12.7. The van der Waals surface area contributed by atoms with Gasteiger partial charge in [-0.1, -0.05) is 74.2 Å². The predicted octanol–water partition coefficient (Wildman–Crippen LogP) is 5.22. The Hall–Kier alpha value is -1.91. The van der Waals surface area contributed by atoms with Crippen molar-refractivity contribution in [3.05, 3.63) is 70.1 Å². The molecule has 0 atom stereocenters. The van der Waals surface area contributed by atoms with E-state index in [1.165, 1.54) is 22.9 Å². The second kappa shape index (κ2) is 7.32. The minimum Gasteiger partial charge on any atom is -0.268 e. The zero-order chi connectivity index (χ0) is 17.1. The Morgan fingerprint density at radius 3 is 2.04 bits per heavy atom. The number of anilines is 1. The number of nitrogens with zero attached hydrogens (tertiary/aromatic N) is 1. The number of aryl methyl sites for hydroxylation is 2. The number of benzene rings is 2. The van der Waals surface area contributed by atoms with Gasteiger partial charge in [0.05, 0.1) is 10.6 Å². The molecule has 0 aromatic heterocycles. The van der Waals surface area contributed by atoms with Gasteiger partial charge < -0.3 is 0 Å². The summed E-state index contributed by atoms with van der Waals surface area (Å²) in [5, 5.41) is 0. The minimum absolute atomic E-state index is 0.0474. The molecule has 2 nitrogen and oxygen atoms in total. The molecule has 4 heteroatoms. The standard InChI is InChI=1S/C20H19NOS2/c1-3-14-5-7-16(8-6-14)13-18-19(22)21(20(23)24-18)17-11-9-15(4-2)10-12-17/h5-13H,3-4H2,1-2H3/b18-13-. The van der Waals surface area contributed by atoms with Gasteiger partial charge in [-0.3, -0.25) is 9.69 Å². The Labute approximate surface area is 152 Å². The highest BCUT2D eigenvalue weighted by Crippen LogP contribution is 2.36. The monoisotopic (exact) mass is 353 g/mol. The Bertz CT molecular complexity index is 791. The zero-order valence-electron chi connectivity index (χ0n) is 13.8. The molecule has 0 bridgehead atoms. The van der Waals surface area contributed by atoms with E-state index in [1.807, 2.05) is 42.5 Å². The third-order valence-corrected chi connectivity index (χ3v) is 5.38. The van der Waals surface area contributed by atoms with Gasteiger partial charge in [0.1, 0.15) is 0 Å². The van der Waals surface area contributed by atoms with Crippen molar-refractivity contribution in [2.75, 3.05) is 4.90 Å². The fourth-order valence-electron chi connectivity index (χ4n) is 2.57. The number of thioether (sulfide) groups is 1. The SMILES string of the molecule is CCc1ccc(/C=C2\SC(=S)N(c3ccc(CC)cc3)C2=O)cc1. The van der Waals surface area contributed by atoms with Crippen molar-refractivity contribution in [3.8, 4) is 0 Å². The number of rotatable bonds is 4. The molecule has 2 aromatic rings. The molecule has 3 rings (SSSR count). The maximum atomic E-state index is 12.7. The number of carbonyl (C=O) groups is 1. The number of hydrogen-bond acceptors (Lipinski definition) is 3. The number of thiocarbonyl (C=S) groups is 1. The first-order valence-electron chi connectivity index (χ1n) is 8.08. The van der Waals surface area contributed by atoms with Crippen molar-refractivity contribution in [1.82, 2.24) is 0 Å². The van der Waals surface area contributed by atoms with Crippen LogP contribution in [-0.4, -0.2) is 10.2 Å². The topological polar surface area (TPSA) is 20.3 Å². The summed E-state index contributed by atoms with van der Waals surface area (Å²) in [6, 6.07) is 16.3. The quantitative estimate of drug-likeness (QED) is 0.555. The Balaban J connectivity index is 1.85. The van der Waals surface area contributed by atoms with Gasteiger partial charge in [0.25, 0.3) is 5.91 Å². The van der Waals surface area contributed by atoms with Gasteiger partial charge in [0.15, 0.2) is 4.32 Å². The van der Waals surface area contributed by atoms with Crippen LogP contribution in [0.2, 0.25) is 0 Å². The van der Waals surface area contributed by atoms with Crippen molar-refractivity contribution in [2.24, 2.45) is 0 Å². The molecule has 1 fully saturated rings. The first-order valence-corrected chi connectivity index (χ1v) is 9.30. The summed E-state index contributed by atoms with van der Waals surface area (Å²) < 4.78 is 0.584. The second-order valence-corrected chi connectivity index (χ2v) is 7.31. The average molecular weight is 354 g/mol. The summed E-state index contributed by atoms with van der Waals surface area (Å²) in [5.74, 6) is -0.0474. The van der Waals surface area contributed by atoms with E-state index in [0.29, 0.717) is 9.23 Å². The third-order valence-electron chi connectivity index (χ3n) is 4.08. The van der Waals surface area contributed by atoms with Crippen LogP contribution in [0.3, 0.4) is 0 Å². The van der Waals surface area contributed by atoms with E-state index in [2.05, 4.69) is 26.0 Å². The molecule has 0 aliphatic carbocycles. The van der Waals surface area contributed by atoms with Gasteiger partial charge in [0, 0.05) is 0 Å². The molecular weight excluding hydrogens is 334 g/mol. The molecule has 0 radical (unpaired) electrons. The van der Waals surface area contributed by atoms with Crippen LogP contribution in [0.1, 0.15) is 30.5 Å². The molecule has 1 heterocycles. The van der Waals surface area contributed by atoms with E-state index in [0.717, 1.165) is 24.1 Å². The Kier molecular flexibility index (Phi) is 5.17. The molecule has 0 N–H and O–H groups in total. The Morgan fingerprint density at radius 2 is 1.50 bits per heavy atom. The van der Waals surface area contributed by atoms with Gasteiger partial charge >= 0.3 is 0 Å². The molecule has 1 saturated heterocycles. The van der Waals surface area contributed by atoms with Crippen molar-refractivity contribution in [3.63, 3.8) is 0 Å². The van der Waals surface area contributed by atoms with Gasteiger partial charge in [-0.05, 0) is 47.7 Å². The predicted molar refractivity (Wildman–Crippen MR) is 107 cm³/mol. The highest BCUT2D eigenvalue weighted by molar-refractivity contribution is 8.27. The largest absolute Gasteiger partial charge is 0.270 e. The van der Waals surface area contributed by atoms with E-state index >= 15 is 0 Å². The van der Waals surface area contributed by atoms with Crippen LogP contribution in [-0.2, 0) is 17.6 Å². The summed E-state index contributed by atoms with van der Waals surface area (Å²) in [6.07, 6.45) is 3.90. The van der Waals surface area contributed by atoms with Crippen molar-refractivity contribution >= 4 is 46.0 Å². The summed E-state index contributed by atoms with van der Waals surface area (Å²) in [6.45, 7) is 4.24. The van der Waals surface area contributed by atoms with Crippen LogP contribution in [0.25, 0.3) is 6.08 Å². The number of hydrogen-bond donors (Lipinski definition) is 0. The van der Waals surface area contributed by atoms with E-state index in [9.17, 15) is 4.79 Å². The van der Waals surface area contributed by atoms with Crippen LogP contribution in [0.5, 0.6) is 0 Å². The number of carbonyl (C=O) groups excluding carboxylic acids is 1. The molecule has 1 amide bonds. The first-order chi connectivity index (χ1) is 11.6. The average Bonchev–Trinajstić information content (AvgIpc) is 2.89. The fraction of sp³-hybridized carbons (Fsp3) is 0.200. The van der Waals surface area contributed by atoms with Gasteiger partial charge in [-0.25, -0.2) is 0 Å². The molecule has 2 aromatic carbocycles. The lowest BCUT2D eigenvalue weighted by Crippen LogP contribution is -2.27. The van der Waals surface area contributed by atoms with E-state index in [-0.39, 0.29) is 5.91 Å². The highest BCUT2D eigenvalue weighted by Gasteiger charge is 2.33. The molecule has 0 spiro atoms. The molecule has 0 saturated carbocycles. The lowest BCUT2D eigenvalue weighted by Gasteiger charge is -2.14. The molecule has 1 aliphatic rings. The lowest BCUT2D eigenvalue weighted by molar-refractivity contribution is -0.113. The van der Waals surface area contributed by atoms with Gasteiger partial charge in [-0.15, -0.1) is 0 Å². The maximum Gasteiger partial charge on any atom is 0.270 e. The van der Waals surface area contributed by atoms with Crippen molar-refractivity contribution in [1.29, 1.82) is 0 Å².